The highest BCUT2D eigenvalue weighted by atomic mass is 15.0. The number of H-pyrrole nitrogens is 1. The van der Waals surface area contributed by atoms with Crippen molar-refractivity contribution in [2.24, 2.45) is 0 Å². The zero-order valence-electron chi connectivity index (χ0n) is 11.4. The smallest absolute Gasteiger partial charge is 0.137 e. The average molecular weight is 243 g/mol. The maximum atomic E-state index is 4.66. The van der Waals surface area contributed by atoms with Gasteiger partial charge < -0.3 is 10.3 Å². The Morgan fingerprint density at radius 3 is 2.56 bits per heavy atom. The minimum atomic E-state index is 0.835. The van der Waals surface area contributed by atoms with Crippen LogP contribution in [0.15, 0.2) is 24.3 Å². The normalized spacial score (nSPS) is 10.8. The molecule has 0 radical (unpaired) electrons. The van der Waals surface area contributed by atoms with Crippen molar-refractivity contribution in [3.05, 3.63) is 41.2 Å². The van der Waals surface area contributed by atoms with Crippen LogP contribution in [0.25, 0.3) is 11.4 Å². The first-order valence-corrected chi connectivity index (χ1v) is 6.54. The lowest BCUT2D eigenvalue weighted by molar-refractivity contribution is 0.664. The molecule has 0 aliphatic rings. The van der Waals surface area contributed by atoms with E-state index in [1.54, 1.807) is 0 Å². The van der Waals surface area contributed by atoms with E-state index in [1.807, 2.05) is 0 Å². The van der Waals surface area contributed by atoms with Crippen LogP contribution in [0.5, 0.6) is 0 Å². The van der Waals surface area contributed by atoms with E-state index in [-0.39, 0.29) is 0 Å². The summed E-state index contributed by atoms with van der Waals surface area (Å²) in [6, 6.07) is 8.44. The summed E-state index contributed by atoms with van der Waals surface area (Å²) in [4.78, 5) is 8.02. The summed E-state index contributed by atoms with van der Waals surface area (Å²) in [5, 5.41) is 3.38. The van der Waals surface area contributed by atoms with Crippen LogP contribution in [-0.4, -0.2) is 16.5 Å². The van der Waals surface area contributed by atoms with Crippen LogP contribution >= 0.6 is 0 Å². The van der Waals surface area contributed by atoms with E-state index in [9.17, 15) is 0 Å². The first-order chi connectivity index (χ1) is 8.70. The summed E-state index contributed by atoms with van der Waals surface area (Å²) >= 11 is 0. The molecule has 0 amide bonds. The molecular formula is C15H21N3. The molecular weight excluding hydrogens is 222 g/mol. The third-order valence-corrected chi connectivity index (χ3v) is 3.03. The van der Waals surface area contributed by atoms with Gasteiger partial charge in [0.05, 0.1) is 5.69 Å². The molecule has 2 aromatic rings. The average Bonchev–Trinajstić information content (AvgIpc) is 2.72. The summed E-state index contributed by atoms with van der Waals surface area (Å²) in [5.74, 6) is 0.959. The van der Waals surface area contributed by atoms with Gasteiger partial charge in [0.1, 0.15) is 5.82 Å². The number of imidazole rings is 1. The lowest BCUT2D eigenvalue weighted by Gasteiger charge is -2.00. The number of nitrogens with zero attached hydrogens (tertiary/aromatic N) is 1. The predicted octanol–water partition coefficient (Wildman–Crippen LogP) is 3.19. The second kappa shape index (κ2) is 5.83. The molecule has 2 N–H and O–H groups in total. The molecule has 0 fully saturated rings. The fraction of sp³-hybridized carbons (Fsp3) is 0.400. The topological polar surface area (TPSA) is 40.7 Å². The molecule has 0 bridgehead atoms. The molecule has 0 aliphatic carbocycles. The molecule has 0 saturated carbocycles. The third-order valence-electron chi connectivity index (χ3n) is 3.03. The molecule has 1 heterocycles. The Bertz CT molecular complexity index is 497. The number of hydrogen-bond acceptors (Lipinski definition) is 2. The Labute approximate surface area is 109 Å². The van der Waals surface area contributed by atoms with E-state index in [0.717, 1.165) is 42.3 Å². The van der Waals surface area contributed by atoms with Crippen LogP contribution in [0.2, 0.25) is 0 Å². The number of aryl methyl sites for hydroxylation is 2. The lowest BCUT2D eigenvalue weighted by atomic mass is 10.1. The molecule has 96 valence electrons. The Morgan fingerprint density at radius 2 is 1.89 bits per heavy atom. The molecule has 18 heavy (non-hydrogen) atoms. The Hall–Kier alpha value is -1.61. The molecule has 2 rings (SSSR count). The minimum Gasteiger partial charge on any atom is -0.342 e. The maximum Gasteiger partial charge on any atom is 0.137 e. The molecule has 0 atom stereocenters. The first kappa shape index (κ1) is 12.8. The zero-order chi connectivity index (χ0) is 13.0. The first-order valence-electron chi connectivity index (χ1n) is 6.54. The van der Waals surface area contributed by atoms with Crippen molar-refractivity contribution in [3.8, 4) is 11.4 Å². The lowest BCUT2D eigenvalue weighted by Crippen LogP contribution is -2.14. The molecule has 3 nitrogen and oxygen atoms in total. The predicted molar refractivity (Wildman–Crippen MR) is 75.5 cm³/mol. The fourth-order valence-corrected chi connectivity index (χ4v) is 1.90. The quantitative estimate of drug-likeness (QED) is 0.792. The summed E-state index contributed by atoms with van der Waals surface area (Å²) in [6.07, 6.45) is 1.15. The standard InChI is InChI=1S/C15H21N3/c1-4-9-16-10-14-12(3)17-15(18-14)13-7-5-11(2)6-8-13/h5-8,16H,4,9-10H2,1-3H3,(H,17,18). The van der Waals surface area contributed by atoms with Gasteiger partial charge in [0, 0.05) is 17.8 Å². The van der Waals surface area contributed by atoms with Crippen molar-refractivity contribution in [3.63, 3.8) is 0 Å². The highest BCUT2D eigenvalue weighted by molar-refractivity contribution is 5.56. The largest absolute Gasteiger partial charge is 0.342 e. The Balaban J connectivity index is 2.15. The number of nitrogens with one attached hydrogen (secondary N) is 2. The summed E-state index contributed by atoms with van der Waals surface area (Å²) < 4.78 is 0. The zero-order valence-corrected chi connectivity index (χ0v) is 11.4. The molecule has 1 aromatic heterocycles. The van der Waals surface area contributed by atoms with Crippen LogP contribution in [0.4, 0.5) is 0 Å². The van der Waals surface area contributed by atoms with E-state index in [1.165, 1.54) is 5.56 Å². The van der Waals surface area contributed by atoms with Crippen molar-refractivity contribution in [2.75, 3.05) is 6.54 Å². The van der Waals surface area contributed by atoms with Crippen molar-refractivity contribution < 1.29 is 0 Å². The van der Waals surface area contributed by atoms with Gasteiger partial charge in [-0.1, -0.05) is 36.8 Å². The summed E-state index contributed by atoms with van der Waals surface area (Å²) in [5.41, 5.74) is 4.67. The van der Waals surface area contributed by atoms with E-state index >= 15 is 0 Å². The highest BCUT2D eigenvalue weighted by Gasteiger charge is 2.07. The van der Waals surface area contributed by atoms with Gasteiger partial charge in [-0.3, -0.25) is 0 Å². The highest BCUT2D eigenvalue weighted by Crippen LogP contribution is 2.18. The number of aromatic nitrogens is 2. The molecule has 1 aromatic carbocycles. The van der Waals surface area contributed by atoms with Crippen molar-refractivity contribution in [2.45, 2.75) is 33.7 Å². The number of rotatable bonds is 5. The van der Waals surface area contributed by atoms with Gasteiger partial charge in [-0.05, 0) is 26.8 Å². The van der Waals surface area contributed by atoms with Crippen LogP contribution in [0.3, 0.4) is 0 Å². The van der Waals surface area contributed by atoms with Gasteiger partial charge in [-0.25, -0.2) is 4.98 Å². The van der Waals surface area contributed by atoms with Crippen molar-refractivity contribution in [1.29, 1.82) is 0 Å². The fourth-order valence-electron chi connectivity index (χ4n) is 1.90. The van der Waals surface area contributed by atoms with Gasteiger partial charge >= 0.3 is 0 Å². The van der Waals surface area contributed by atoms with Crippen LogP contribution < -0.4 is 5.32 Å². The maximum absolute atomic E-state index is 4.66. The van der Waals surface area contributed by atoms with Crippen LogP contribution in [-0.2, 0) is 6.54 Å². The molecule has 0 unspecified atom stereocenters. The van der Waals surface area contributed by atoms with Gasteiger partial charge in [0.25, 0.3) is 0 Å². The SMILES string of the molecule is CCCNCc1nc(-c2ccc(C)cc2)[nH]c1C. The van der Waals surface area contributed by atoms with Crippen LogP contribution in [0, 0.1) is 13.8 Å². The van der Waals surface area contributed by atoms with Gasteiger partial charge in [0.2, 0.25) is 0 Å². The summed E-state index contributed by atoms with van der Waals surface area (Å²) in [7, 11) is 0. The Morgan fingerprint density at radius 1 is 1.17 bits per heavy atom. The van der Waals surface area contributed by atoms with Crippen molar-refractivity contribution >= 4 is 0 Å². The molecule has 3 heteroatoms. The molecule has 0 saturated heterocycles. The number of aromatic amines is 1. The van der Waals surface area contributed by atoms with Gasteiger partial charge in [0.15, 0.2) is 0 Å². The monoisotopic (exact) mass is 243 g/mol. The summed E-state index contributed by atoms with van der Waals surface area (Å²) in [6.45, 7) is 8.21. The number of benzene rings is 1. The van der Waals surface area contributed by atoms with Gasteiger partial charge in [-0.2, -0.15) is 0 Å². The second-order valence-electron chi connectivity index (χ2n) is 4.70. The third kappa shape index (κ3) is 2.99. The molecule has 0 spiro atoms. The van der Waals surface area contributed by atoms with Crippen LogP contribution in [0.1, 0.15) is 30.3 Å². The van der Waals surface area contributed by atoms with E-state index in [2.05, 4.69) is 60.3 Å². The Kier molecular flexibility index (Phi) is 4.15. The van der Waals surface area contributed by atoms with E-state index in [4.69, 9.17) is 0 Å². The minimum absolute atomic E-state index is 0.835. The van der Waals surface area contributed by atoms with E-state index in [0.29, 0.717) is 0 Å². The van der Waals surface area contributed by atoms with E-state index < -0.39 is 0 Å². The van der Waals surface area contributed by atoms with Crippen molar-refractivity contribution in [1.82, 2.24) is 15.3 Å². The number of hydrogen-bond donors (Lipinski definition) is 2. The molecule has 0 aliphatic heterocycles. The second-order valence-corrected chi connectivity index (χ2v) is 4.70. The van der Waals surface area contributed by atoms with Gasteiger partial charge in [-0.15, -0.1) is 0 Å².